The standard InChI is InChI=1S/C12H13FN6/c13-10-5-1-2-6-11(10)19-8-9(17-18-19)4-3-7-16-12(14)15/h1-2,5-8H,3-4H2,(H3,14,15). The van der Waals surface area contributed by atoms with Crippen LogP contribution in [0, 0.1) is 11.2 Å². The van der Waals surface area contributed by atoms with E-state index in [4.69, 9.17) is 11.1 Å². The van der Waals surface area contributed by atoms with E-state index < -0.39 is 0 Å². The summed E-state index contributed by atoms with van der Waals surface area (Å²) in [5.41, 5.74) is 6.16. The van der Waals surface area contributed by atoms with Gasteiger partial charge in [-0.15, -0.1) is 5.10 Å². The number of halogens is 1. The highest BCUT2D eigenvalue weighted by Crippen LogP contribution is 2.11. The summed E-state index contributed by atoms with van der Waals surface area (Å²) in [4.78, 5) is 3.64. The van der Waals surface area contributed by atoms with Crippen molar-refractivity contribution in [1.29, 1.82) is 5.41 Å². The van der Waals surface area contributed by atoms with E-state index in [2.05, 4.69) is 15.3 Å². The number of rotatable bonds is 4. The monoisotopic (exact) mass is 260 g/mol. The molecule has 2 rings (SSSR count). The van der Waals surface area contributed by atoms with Crippen LogP contribution in [0.2, 0.25) is 0 Å². The number of para-hydroxylation sites is 1. The lowest BCUT2D eigenvalue weighted by Crippen LogP contribution is -2.05. The molecule has 0 aliphatic carbocycles. The van der Waals surface area contributed by atoms with Crippen LogP contribution in [0.5, 0.6) is 0 Å². The fraction of sp³-hybridized carbons (Fsp3) is 0.167. The van der Waals surface area contributed by atoms with Crippen molar-refractivity contribution in [3.63, 3.8) is 0 Å². The van der Waals surface area contributed by atoms with Gasteiger partial charge in [-0.3, -0.25) is 5.41 Å². The first-order chi connectivity index (χ1) is 9.16. The summed E-state index contributed by atoms with van der Waals surface area (Å²) in [7, 11) is 0. The maximum atomic E-state index is 13.5. The highest BCUT2D eigenvalue weighted by molar-refractivity contribution is 5.83. The van der Waals surface area contributed by atoms with Crippen LogP contribution in [0.15, 0.2) is 35.5 Å². The van der Waals surface area contributed by atoms with Gasteiger partial charge in [0.05, 0.1) is 11.9 Å². The van der Waals surface area contributed by atoms with Gasteiger partial charge in [-0.05, 0) is 25.0 Å². The SMILES string of the molecule is N=C(N)N=CCCc1cn(-c2ccccc2F)nn1. The van der Waals surface area contributed by atoms with Gasteiger partial charge in [0.2, 0.25) is 5.96 Å². The summed E-state index contributed by atoms with van der Waals surface area (Å²) < 4.78 is 14.9. The lowest BCUT2D eigenvalue weighted by molar-refractivity contribution is 0.607. The zero-order valence-corrected chi connectivity index (χ0v) is 10.1. The number of aromatic nitrogens is 3. The van der Waals surface area contributed by atoms with Crippen LogP contribution >= 0.6 is 0 Å². The van der Waals surface area contributed by atoms with E-state index in [1.807, 2.05) is 0 Å². The van der Waals surface area contributed by atoms with E-state index in [-0.39, 0.29) is 11.8 Å². The van der Waals surface area contributed by atoms with Crippen LogP contribution in [0.25, 0.3) is 5.69 Å². The number of benzene rings is 1. The Morgan fingerprint density at radius 1 is 1.47 bits per heavy atom. The van der Waals surface area contributed by atoms with Gasteiger partial charge in [0.25, 0.3) is 0 Å². The Kier molecular flexibility index (Phi) is 3.97. The van der Waals surface area contributed by atoms with Crippen molar-refractivity contribution in [2.24, 2.45) is 10.7 Å². The molecule has 0 aliphatic rings. The van der Waals surface area contributed by atoms with Crippen LogP contribution in [0.3, 0.4) is 0 Å². The molecule has 0 aliphatic heterocycles. The normalized spacial score (nSPS) is 11.0. The van der Waals surface area contributed by atoms with Crippen molar-refractivity contribution in [3.8, 4) is 5.69 Å². The van der Waals surface area contributed by atoms with Crippen molar-refractivity contribution in [3.05, 3.63) is 42.0 Å². The third-order valence-corrected chi connectivity index (χ3v) is 2.40. The van der Waals surface area contributed by atoms with Gasteiger partial charge in [-0.1, -0.05) is 17.3 Å². The van der Waals surface area contributed by atoms with Crippen molar-refractivity contribution < 1.29 is 4.39 Å². The molecule has 0 radical (unpaired) electrons. The molecule has 0 unspecified atom stereocenters. The Bertz CT molecular complexity index is 604. The predicted molar refractivity (Wildman–Crippen MR) is 70.0 cm³/mol. The van der Waals surface area contributed by atoms with Gasteiger partial charge in [-0.2, -0.15) is 0 Å². The molecule has 0 spiro atoms. The molecular weight excluding hydrogens is 247 g/mol. The van der Waals surface area contributed by atoms with Gasteiger partial charge in [0, 0.05) is 6.21 Å². The summed E-state index contributed by atoms with van der Waals surface area (Å²) in [6.45, 7) is 0. The molecule has 1 heterocycles. The number of hydrogen-bond donors (Lipinski definition) is 2. The molecule has 6 nitrogen and oxygen atoms in total. The van der Waals surface area contributed by atoms with Crippen molar-refractivity contribution in [1.82, 2.24) is 15.0 Å². The van der Waals surface area contributed by atoms with Crippen LogP contribution < -0.4 is 5.73 Å². The second-order valence-corrected chi connectivity index (χ2v) is 3.84. The predicted octanol–water partition coefficient (Wildman–Crippen LogP) is 1.30. The molecule has 1 aromatic carbocycles. The third kappa shape index (κ3) is 3.44. The zero-order chi connectivity index (χ0) is 13.7. The molecule has 0 saturated heterocycles. The molecule has 0 amide bonds. The molecule has 98 valence electrons. The topological polar surface area (TPSA) is 92.9 Å². The molecule has 19 heavy (non-hydrogen) atoms. The Balaban J connectivity index is 2.04. The van der Waals surface area contributed by atoms with E-state index in [1.165, 1.54) is 10.7 Å². The van der Waals surface area contributed by atoms with Crippen LogP contribution in [0.4, 0.5) is 4.39 Å². The number of nitrogens with zero attached hydrogens (tertiary/aromatic N) is 4. The molecular formula is C12H13FN6. The fourth-order valence-corrected chi connectivity index (χ4v) is 1.54. The average molecular weight is 260 g/mol. The van der Waals surface area contributed by atoms with Crippen molar-refractivity contribution in [2.75, 3.05) is 0 Å². The Hall–Kier alpha value is -2.57. The first-order valence-corrected chi connectivity index (χ1v) is 5.69. The van der Waals surface area contributed by atoms with E-state index >= 15 is 0 Å². The van der Waals surface area contributed by atoms with Gasteiger partial charge in [-0.25, -0.2) is 14.1 Å². The number of hydrogen-bond acceptors (Lipinski definition) is 3. The maximum Gasteiger partial charge on any atom is 0.212 e. The summed E-state index contributed by atoms with van der Waals surface area (Å²) >= 11 is 0. The molecule has 1 aromatic heterocycles. The van der Waals surface area contributed by atoms with E-state index in [9.17, 15) is 4.39 Å². The van der Waals surface area contributed by atoms with Gasteiger partial charge >= 0.3 is 0 Å². The van der Waals surface area contributed by atoms with Gasteiger partial charge in [0.15, 0.2) is 0 Å². The summed E-state index contributed by atoms with van der Waals surface area (Å²) in [5.74, 6) is -0.577. The average Bonchev–Trinajstić information content (AvgIpc) is 2.83. The van der Waals surface area contributed by atoms with E-state index in [1.54, 1.807) is 30.6 Å². The molecule has 0 saturated carbocycles. The minimum absolute atomic E-state index is 0.227. The summed E-state index contributed by atoms with van der Waals surface area (Å²) in [6.07, 6.45) is 4.41. The number of nitrogens with two attached hydrogens (primary N) is 1. The Morgan fingerprint density at radius 2 is 2.26 bits per heavy atom. The second kappa shape index (κ2) is 5.85. The van der Waals surface area contributed by atoms with Crippen LogP contribution in [0.1, 0.15) is 12.1 Å². The van der Waals surface area contributed by atoms with Crippen LogP contribution in [-0.2, 0) is 6.42 Å². The Morgan fingerprint density at radius 3 is 3.00 bits per heavy atom. The van der Waals surface area contributed by atoms with Crippen LogP contribution in [-0.4, -0.2) is 27.2 Å². The largest absolute Gasteiger partial charge is 0.368 e. The molecule has 0 atom stereocenters. The number of guanidine groups is 1. The number of nitrogens with one attached hydrogen (secondary N) is 1. The maximum absolute atomic E-state index is 13.5. The quantitative estimate of drug-likeness (QED) is 0.641. The molecule has 0 bridgehead atoms. The van der Waals surface area contributed by atoms with E-state index in [0.29, 0.717) is 18.5 Å². The van der Waals surface area contributed by atoms with Gasteiger partial charge in [0.1, 0.15) is 11.5 Å². The zero-order valence-electron chi connectivity index (χ0n) is 10.1. The lowest BCUT2D eigenvalue weighted by atomic mass is 10.2. The first-order valence-electron chi connectivity index (χ1n) is 5.69. The molecule has 3 N–H and O–H groups in total. The van der Waals surface area contributed by atoms with E-state index in [0.717, 1.165) is 5.69 Å². The highest BCUT2D eigenvalue weighted by Gasteiger charge is 2.06. The third-order valence-electron chi connectivity index (χ3n) is 2.40. The number of aliphatic imine (C=N–C) groups is 1. The minimum atomic E-state index is -0.350. The number of aryl methyl sites for hydroxylation is 1. The fourth-order valence-electron chi connectivity index (χ4n) is 1.54. The van der Waals surface area contributed by atoms with Crippen molar-refractivity contribution >= 4 is 12.2 Å². The summed E-state index contributed by atoms with van der Waals surface area (Å²) in [5, 5.41) is 14.7. The van der Waals surface area contributed by atoms with Gasteiger partial charge < -0.3 is 5.73 Å². The molecule has 0 fully saturated rings. The molecule has 2 aromatic rings. The summed E-state index contributed by atoms with van der Waals surface area (Å²) in [6, 6.07) is 6.36. The van der Waals surface area contributed by atoms with Crippen molar-refractivity contribution in [2.45, 2.75) is 12.8 Å². The first kappa shape index (κ1) is 12.9. The molecule has 7 heteroatoms. The Labute approximate surface area is 109 Å². The minimum Gasteiger partial charge on any atom is -0.368 e. The highest BCUT2D eigenvalue weighted by atomic mass is 19.1. The smallest absolute Gasteiger partial charge is 0.212 e. The second-order valence-electron chi connectivity index (χ2n) is 3.84. The lowest BCUT2D eigenvalue weighted by Gasteiger charge is -1.99.